The fourth-order valence-corrected chi connectivity index (χ4v) is 4.80. The molecule has 1 aliphatic rings. The molecule has 0 aliphatic heterocycles. The van der Waals surface area contributed by atoms with Gasteiger partial charge in [-0.3, -0.25) is 0 Å². The standard InChI is InChI=1S/C29H16ClN/c30-28-13-11-21(15-23(28)17-31)19-6-1-7-20(14-19)22-10-12-24-25-8-2-4-18-5-3-9-26(29(18)25)27(24)16-22/h1-16H. The van der Waals surface area contributed by atoms with Crippen molar-refractivity contribution >= 4 is 22.4 Å². The topological polar surface area (TPSA) is 23.8 Å². The number of benzene rings is 5. The van der Waals surface area contributed by atoms with E-state index in [1.165, 1.54) is 38.6 Å². The first-order valence-corrected chi connectivity index (χ1v) is 10.6. The molecule has 0 amide bonds. The van der Waals surface area contributed by atoms with Gasteiger partial charge in [-0.15, -0.1) is 0 Å². The van der Waals surface area contributed by atoms with Crippen molar-refractivity contribution in [1.29, 1.82) is 5.26 Å². The molecule has 0 heterocycles. The van der Waals surface area contributed by atoms with Crippen molar-refractivity contribution in [2.75, 3.05) is 0 Å². The third kappa shape index (κ3) is 2.77. The van der Waals surface area contributed by atoms with Gasteiger partial charge >= 0.3 is 0 Å². The van der Waals surface area contributed by atoms with Crippen LogP contribution in [0.5, 0.6) is 0 Å². The molecule has 5 aromatic rings. The van der Waals surface area contributed by atoms with Crippen molar-refractivity contribution in [3.63, 3.8) is 0 Å². The average Bonchev–Trinajstić information content (AvgIpc) is 3.15. The number of fused-ring (bicyclic) bond motifs is 3. The van der Waals surface area contributed by atoms with Gasteiger partial charge in [-0.05, 0) is 79.5 Å². The van der Waals surface area contributed by atoms with Crippen LogP contribution in [0.2, 0.25) is 5.02 Å². The molecule has 0 N–H and O–H groups in total. The van der Waals surface area contributed by atoms with E-state index < -0.39 is 0 Å². The van der Waals surface area contributed by atoms with Crippen LogP contribution in [-0.2, 0) is 0 Å². The predicted octanol–water partition coefficient (Wildman–Crippen LogP) is 8.35. The van der Waals surface area contributed by atoms with E-state index >= 15 is 0 Å². The molecule has 5 aromatic carbocycles. The highest BCUT2D eigenvalue weighted by Crippen LogP contribution is 2.48. The minimum Gasteiger partial charge on any atom is -0.192 e. The highest BCUT2D eigenvalue weighted by Gasteiger charge is 2.21. The monoisotopic (exact) mass is 413 g/mol. The summed E-state index contributed by atoms with van der Waals surface area (Å²) in [6, 6.07) is 36.0. The van der Waals surface area contributed by atoms with Gasteiger partial charge in [0.2, 0.25) is 0 Å². The second-order valence-corrected chi connectivity index (χ2v) is 8.26. The number of rotatable bonds is 2. The van der Waals surface area contributed by atoms with Gasteiger partial charge in [-0.2, -0.15) is 5.26 Å². The second-order valence-electron chi connectivity index (χ2n) is 7.86. The SMILES string of the molecule is N#Cc1cc(-c2cccc(-c3ccc4c(c3)-c3cccc5cccc-4c35)c2)ccc1Cl. The Kier molecular flexibility index (Phi) is 3.96. The Hall–Kier alpha value is -3.86. The summed E-state index contributed by atoms with van der Waals surface area (Å²) >= 11 is 6.11. The maximum Gasteiger partial charge on any atom is 0.101 e. The molecule has 0 bridgehead atoms. The normalized spacial score (nSPS) is 11.4. The molecular weight excluding hydrogens is 398 g/mol. The molecule has 1 nitrogen and oxygen atoms in total. The number of hydrogen-bond donors (Lipinski definition) is 0. The predicted molar refractivity (Wildman–Crippen MR) is 129 cm³/mol. The largest absolute Gasteiger partial charge is 0.192 e. The van der Waals surface area contributed by atoms with E-state index in [1.807, 2.05) is 12.1 Å². The van der Waals surface area contributed by atoms with Crippen LogP contribution in [-0.4, -0.2) is 0 Å². The van der Waals surface area contributed by atoms with E-state index in [9.17, 15) is 5.26 Å². The lowest BCUT2D eigenvalue weighted by molar-refractivity contribution is 1.48. The summed E-state index contributed by atoms with van der Waals surface area (Å²) in [5.74, 6) is 0. The van der Waals surface area contributed by atoms with Crippen LogP contribution < -0.4 is 0 Å². The van der Waals surface area contributed by atoms with Crippen LogP contribution in [0.15, 0.2) is 97.1 Å². The van der Waals surface area contributed by atoms with Gasteiger partial charge in [0.25, 0.3) is 0 Å². The second kappa shape index (κ2) is 6.84. The first-order valence-electron chi connectivity index (χ1n) is 10.2. The number of nitrogens with zero attached hydrogens (tertiary/aromatic N) is 1. The van der Waals surface area contributed by atoms with Crippen LogP contribution in [0, 0.1) is 11.3 Å². The zero-order chi connectivity index (χ0) is 20.9. The fourth-order valence-electron chi connectivity index (χ4n) is 4.64. The number of nitriles is 1. The molecule has 0 atom stereocenters. The van der Waals surface area contributed by atoms with Crippen molar-refractivity contribution in [3.05, 3.63) is 108 Å². The van der Waals surface area contributed by atoms with Crippen LogP contribution >= 0.6 is 11.6 Å². The van der Waals surface area contributed by atoms with E-state index in [1.54, 1.807) is 6.07 Å². The van der Waals surface area contributed by atoms with E-state index in [2.05, 4.69) is 84.9 Å². The molecule has 1 aliphatic carbocycles. The lowest BCUT2D eigenvalue weighted by Gasteiger charge is -2.09. The summed E-state index contributed by atoms with van der Waals surface area (Å²) in [5, 5.41) is 12.4. The summed E-state index contributed by atoms with van der Waals surface area (Å²) in [4.78, 5) is 0. The van der Waals surface area contributed by atoms with Crippen LogP contribution in [0.3, 0.4) is 0 Å². The Morgan fingerprint density at radius 3 is 1.90 bits per heavy atom. The van der Waals surface area contributed by atoms with E-state index in [-0.39, 0.29) is 0 Å². The Morgan fingerprint density at radius 1 is 0.548 bits per heavy atom. The Morgan fingerprint density at radius 2 is 1.16 bits per heavy atom. The molecule has 0 radical (unpaired) electrons. The van der Waals surface area contributed by atoms with Gasteiger partial charge in [-0.25, -0.2) is 0 Å². The van der Waals surface area contributed by atoms with Crippen molar-refractivity contribution in [3.8, 4) is 50.6 Å². The summed E-state index contributed by atoms with van der Waals surface area (Å²) < 4.78 is 0. The summed E-state index contributed by atoms with van der Waals surface area (Å²) in [7, 11) is 0. The minimum absolute atomic E-state index is 0.481. The Labute approximate surface area is 185 Å². The molecule has 0 aromatic heterocycles. The van der Waals surface area contributed by atoms with Crippen molar-refractivity contribution < 1.29 is 0 Å². The zero-order valence-corrected chi connectivity index (χ0v) is 17.3. The molecule has 2 heteroatoms. The van der Waals surface area contributed by atoms with Crippen molar-refractivity contribution in [2.45, 2.75) is 0 Å². The Bertz CT molecular complexity index is 1550. The summed E-state index contributed by atoms with van der Waals surface area (Å²) in [6.07, 6.45) is 0. The summed E-state index contributed by atoms with van der Waals surface area (Å²) in [5.41, 5.74) is 10.1. The maximum atomic E-state index is 9.31. The zero-order valence-electron chi connectivity index (χ0n) is 16.6. The van der Waals surface area contributed by atoms with Crippen molar-refractivity contribution in [1.82, 2.24) is 0 Å². The van der Waals surface area contributed by atoms with Gasteiger partial charge in [0, 0.05) is 0 Å². The maximum absolute atomic E-state index is 9.31. The average molecular weight is 414 g/mol. The number of hydrogen-bond acceptors (Lipinski definition) is 1. The molecule has 31 heavy (non-hydrogen) atoms. The summed E-state index contributed by atoms with van der Waals surface area (Å²) in [6.45, 7) is 0. The number of halogens is 1. The molecule has 144 valence electrons. The van der Waals surface area contributed by atoms with Gasteiger partial charge in [0.1, 0.15) is 6.07 Å². The van der Waals surface area contributed by atoms with E-state index in [4.69, 9.17) is 11.6 Å². The third-order valence-corrected chi connectivity index (χ3v) is 6.45. The highest BCUT2D eigenvalue weighted by atomic mass is 35.5. The molecule has 0 unspecified atom stereocenters. The van der Waals surface area contributed by atoms with Gasteiger partial charge < -0.3 is 0 Å². The molecule has 6 rings (SSSR count). The molecule has 0 spiro atoms. The van der Waals surface area contributed by atoms with Crippen LogP contribution in [0.1, 0.15) is 5.56 Å². The molecule has 0 fully saturated rings. The first-order chi connectivity index (χ1) is 15.2. The lowest BCUT2D eigenvalue weighted by Crippen LogP contribution is -1.85. The molecule has 0 saturated heterocycles. The van der Waals surface area contributed by atoms with Gasteiger partial charge in [0.15, 0.2) is 0 Å². The van der Waals surface area contributed by atoms with Gasteiger partial charge in [0.05, 0.1) is 10.6 Å². The quantitative estimate of drug-likeness (QED) is 0.280. The third-order valence-electron chi connectivity index (χ3n) is 6.12. The van der Waals surface area contributed by atoms with E-state index in [0.29, 0.717) is 10.6 Å². The van der Waals surface area contributed by atoms with Crippen LogP contribution in [0.4, 0.5) is 0 Å². The smallest absolute Gasteiger partial charge is 0.101 e. The first kappa shape index (κ1) is 18.0. The Balaban J connectivity index is 1.48. The molecule has 0 saturated carbocycles. The lowest BCUT2D eigenvalue weighted by atomic mass is 9.95. The van der Waals surface area contributed by atoms with Gasteiger partial charge in [-0.1, -0.05) is 84.4 Å². The molecular formula is C29H16ClN. The fraction of sp³-hybridized carbons (Fsp3) is 0. The van der Waals surface area contributed by atoms with E-state index in [0.717, 1.165) is 16.7 Å². The van der Waals surface area contributed by atoms with Crippen LogP contribution in [0.25, 0.3) is 55.3 Å². The highest BCUT2D eigenvalue weighted by molar-refractivity contribution is 6.31. The van der Waals surface area contributed by atoms with Crippen molar-refractivity contribution in [2.24, 2.45) is 0 Å². The minimum atomic E-state index is 0.481.